The number of alkyl carbamates (subject to hydrolysis) is 1. The van der Waals surface area contributed by atoms with Gasteiger partial charge in [0.25, 0.3) is 10.1 Å². The highest BCUT2D eigenvalue weighted by Gasteiger charge is 2.36. The average Bonchev–Trinajstić information content (AvgIpc) is 1.77. The van der Waals surface area contributed by atoms with Gasteiger partial charge in [-0.3, -0.25) is 8.75 Å². The van der Waals surface area contributed by atoms with Crippen LogP contribution < -0.4 is 15.4 Å². The van der Waals surface area contributed by atoms with Gasteiger partial charge in [0, 0.05) is 111 Å². The maximum Gasteiger partial charge on any atom is 0.407 e. The monoisotopic (exact) mass is 1880 g/mol. The maximum atomic E-state index is 15.4. The molecule has 0 aromatic carbocycles. The van der Waals surface area contributed by atoms with Crippen molar-refractivity contribution in [1.82, 2.24) is 49.5 Å². The molecule has 726 valence electrons. The SMILES string of the molecule is CCCCCCCCCCNS(=O)(=O)CCc1cc(C)oc1C.CCCCCCCCCCOS(=O)(=O)CCc1nc(C)sc1C.CCCCCCCCCOC(=O)NCCc1nc(C)sc1C.CCCCCCN(C)C(=O)NCCc1nc(C)sc1C.CCCCCCN(CCCCCC)P(=O)(CCc1nc(C)sc1C)N(CCCCCC)CCCCCC. The van der Waals surface area contributed by atoms with E-state index in [4.69, 9.17) is 18.3 Å². The molecule has 125 heavy (non-hydrogen) atoms. The fourth-order valence-electron chi connectivity index (χ4n) is 15.0. The van der Waals surface area contributed by atoms with Gasteiger partial charge in [-0.15, -0.1) is 45.3 Å². The standard InChI is InChI=1S/C31H62N3OPS.C18H33NO3S.C17H30N2O2S.C17H31NO3S2.C15H27N3OS/c1-7-11-15-19-24-33(25-20-16-12-8-2)36(35,28-23-31-29(5)37-30(6)32-31)34(26-21-17-13-9-3)27-22-18-14-10-4;1-4-5-6-7-8-9-10-11-13-19-23(20,21)14-12-18-15-16(2)22-17(18)3;1-4-5-6-7-8-9-10-13-21-17(20)18-12-11-16-14(2)22-15(3)19-16;1-4-5-6-7-8-9-10-11-13-21-23(19,20)14-12-17-15(2)22-16(3)18-17;1-5-6-7-8-11-18(4)15(19)16-10-9-14-12(2)20-13(3)17-14/h7-28H2,1-6H3;15,19H,4-14H2,1-3H3;4-13H2,1-3H3,(H,18,20);4-14H2,1-3H3;5-11H2,1-4H3,(H,16,19). The molecule has 0 fully saturated rings. The van der Waals surface area contributed by atoms with Gasteiger partial charge in [-0.1, -0.05) is 280 Å². The smallest absolute Gasteiger partial charge is 0.407 e. The number of carbonyl (C=O) groups is 2. The van der Waals surface area contributed by atoms with Crippen molar-refractivity contribution in [2.75, 3.05) is 90.3 Å². The van der Waals surface area contributed by atoms with E-state index in [2.05, 4.69) is 123 Å². The van der Waals surface area contributed by atoms with Crippen molar-refractivity contribution in [2.45, 2.75) is 433 Å². The third-order valence-electron chi connectivity index (χ3n) is 22.5. The molecule has 0 saturated carbocycles. The summed E-state index contributed by atoms with van der Waals surface area (Å²) in [5.74, 6) is 1.81. The summed E-state index contributed by atoms with van der Waals surface area (Å²) in [6, 6.07) is 1.94. The van der Waals surface area contributed by atoms with Crippen molar-refractivity contribution in [3.8, 4) is 0 Å². The third-order valence-corrected chi connectivity index (χ3v) is 32.2. The van der Waals surface area contributed by atoms with E-state index in [1.165, 1.54) is 251 Å². The van der Waals surface area contributed by atoms with Crippen LogP contribution in [0.15, 0.2) is 10.5 Å². The number of nitrogens with zero attached hydrogens (tertiary/aromatic N) is 7. The molecule has 0 unspecified atom stereocenters. The largest absolute Gasteiger partial charge is 0.466 e. The molecule has 3 N–H and O–H groups in total. The number of unbranched alkanes of at least 4 members (excludes halogenated alkanes) is 35. The van der Waals surface area contributed by atoms with Gasteiger partial charge >= 0.3 is 12.1 Å². The second-order valence-corrected chi connectivity index (χ2v) is 46.5. The number of carbonyl (C=O) groups excluding carboxylic acids is 2. The number of hydrogen-bond acceptors (Lipinski definition) is 18. The summed E-state index contributed by atoms with van der Waals surface area (Å²) in [7, 11) is -7.43. The minimum atomic E-state index is -3.43. The van der Waals surface area contributed by atoms with Gasteiger partial charge < -0.3 is 24.7 Å². The predicted molar refractivity (Wildman–Crippen MR) is 540 cm³/mol. The highest BCUT2D eigenvalue weighted by Crippen LogP contribution is 2.54. The Morgan fingerprint density at radius 2 is 0.720 bits per heavy atom. The Morgan fingerprint density at radius 1 is 0.392 bits per heavy atom. The van der Waals surface area contributed by atoms with E-state index in [9.17, 15) is 26.4 Å². The summed E-state index contributed by atoms with van der Waals surface area (Å²) >= 11 is 6.81. The van der Waals surface area contributed by atoms with Crippen LogP contribution in [-0.2, 0) is 65.7 Å². The molecule has 5 aromatic rings. The summed E-state index contributed by atoms with van der Waals surface area (Å²) in [6.07, 6.45) is 56.2. The second-order valence-electron chi connectivity index (χ2n) is 34.3. The summed E-state index contributed by atoms with van der Waals surface area (Å²) in [6.45, 7) is 45.5. The van der Waals surface area contributed by atoms with Gasteiger partial charge in [0.15, 0.2) is 0 Å². The van der Waals surface area contributed by atoms with Crippen molar-refractivity contribution in [2.24, 2.45) is 0 Å². The lowest BCUT2D eigenvalue weighted by molar-refractivity contribution is 0.144. The molecular formula is C98H183N10O10PS6. The van der Waals surface area contributed by atoms with Crippen LogP contribution >= 0.6 is 52.8 Å². The Morgan fingerprint density at radius 3 is 1.08 bits per heavy atom. The molecule has 0 saturated heterocycles. The van der Waals surface area contributed by atoms with Gasteiger partial charge in [-0.2, -0.15) is 8.42 Å². The van der Waals surface area contributed by atoms with E-state index in [0.29, 0.717) is 45.7 Å². The minimum Gasteiger partial charge on any atom is -0.466 e. The van der Waals surface area contributed by atoms with Crippen LogP contribution in [0.2, 0.25) is 0 Å². The molecule has 27 heteroatoms. The number of rotatable bonds is 70. The molecule has 0 atom stereocenters. The number of urea groups is 1. The van der Waals surface area contributed by atoms with E-state index >= 15 is 4.57 Å². The van der Waals surface area contributed by atoms with Crippen molar-refractivity contribution < 1.29 is 44.3 Å². The number of amides is 3. The summed E-state index contributed by atoms with van der Waals surface area (Å²) in [5.41, 5.74) is 5.23. The zero-order chi connectivity index (χ0) is 92.8. The van der Waals surface area contributed by atoms with Gasteiger partial charge in [0.05, 0.1) is 67.5 Å². The number of aromatic nitrogens is 4. The van der Waals surface area contributed by atoms with Crippen LogP contribution in [0.4, 0.5) is 9.59 Å². The molecule has 5 aromatic heterocycles. The van der Waals surface area contributed by atoms with Crippen LogP contribution in [0.25, 0.3) is 0 Å². The molecule has 0 spiro atoms. The molecule has 0 aliphatic heterocycles. The normalized spacial score (nSPS) is 11.6. The first-order valence-electron chi connectivity index (χ1n) is 49.6. The lowest BCUT2D eigenvalue weighted by atomic mass is 10.1. The minimum absolute atomic E-state index is 0.0195. The van der Waals surface area contributed by atoms with E-state index in [-0.39, 0.29) is 23.6 Å². The highest BCUT2D eigenvalue weighted by molar-refractivity contribution is 7.89. The van der Waals surface area contributed by atoms with Crippen LogP contribution in [0.1, 0.15) is 411 Å². The van der Waals surface area contributed by atoms with E-state index in [0.717, 1.165) is 162 Å². The first-order valence-corrected chi connectivity index (χ1v) is 57.9. The molecule has 5 heterocycles. The first-order chi connectivity index (χ1) is 60.0. The van der Waals surface area contributed by atoms with Crippen molar-refractivity contribution in [3.05, 3.63) is 85.5 Å². The van der Waals surface area contributed by atoms with Crippen LogP contribution in [0.3, 0.4) is 0 Å². The molecule has 5 rings (SSSR count). The zero-order valence-corrected chi connectivity index (χ0v) is 88.6. The second kappa shape index (κ2) is 75.8. The Balaban J connectivity index is 0.000000797. The fraction of sp³-hybridized carbons (Fsp3) is 0.816. The number of sulfonamides is 1. The Hall–Kier alpha value is -3.69. The Labute approximate surface area is 781 Å². The molecule has 3 amide bonds. The maximum absolute atomic E-state index is 15.4. The highest BCUT2D eigenvalue weighted by atomic mass is 32.2. The number of aryl methyl sites for hydroxylation is 13. The van der Waals surface area contributed by atoms with Crippen molar-refractivity contribution in [1.29, 1.82) is 0 Å². The summed E-state index contributed by atoms with van der Waals surface area (Å²) < 4.78 is 86.5. The van der Waals surface area contributed by atoms with Crippen LogP contribution in [0.5, 0.6) is 0 Å². The summed E-state index contributed by atoms with van der Waals surface area (Å²) in [5, 5.41) is 10.0. The van der Waals surface area contributed by atoms with Gasteiger partial charge in [0.1, 0.15) is 11.5 Å². The van der Waals surface area contributed by atoms with Crippen LogP contribution in [-0.4, -0.2) is 153 Å². The van der Waals surface area contributed by atoms with Gasteiger partial charge in [-0.05, 0) is 139 Å². The third kappa shape index (κ3) is 60.9. The van der Waals surface area contributed by atoms with E-state index < -0.39 is 27.6 Å². The number of thiazole rings is 4. The summed E-state index contributed by atoms with van der Waals surface area (Å²) in [4.78, 5) is 48.2. The molecule has 0 bridgehead atoms. The topological polar surface area (TPSA) is 248 Å². The van der Waals surface area contributed by atoms with Gasteiger partial charge in [-0.25, -0.2) is 52.0 Å². The Bertz CT molecular complexity index is 3590. The average molecular weight is 1880 g/mol. The van der Waals surface area contributed by atoms with Crippen LogP contribution in [0, 0.1) is 69.2 Å². The fourth-order valence-corrected chi connectivity index (χ4v) is 23.7. The van der Waals surface area contributed by atoms with Gasteiger partial charge in [0.2, 0.25) is 17.5 Å². The van der Waals surface area contributed by atoms with E-state index in [1.807, 2.05) is 54.7 Å². The van der Waals surface area contributed by atoms with E-state index in [1.54, 1.807) is 50.2 Å². The Kier molecular flexibility index (Phi) is 72.4. The molecule has 0 aliphatic rings. The predicted octanol–water partition coefficient (Wildman–Crippen LogP) is 28.0. The number of nitrogens with one attached hydrogen (secondary N) is 3. The van der Waals surface area contributed by atoms with Crippen molar-refractivity contribution in [3.63, 3.8) is 0 Å². The zero-order valence-electron chi connectivity index (χ0n) is 82.8. The molecular weight excluding hydrogens is 1700 g/mol. The lowest BCUT2D eigenvalue weighted by Crippen LogP contribution is -2.38. The first kappa shape index (κ1) is 119. The van der Waals surface area contributed by atoms with Crippen molar-refractivity contribution >= 4 is 85.1 Å². The quantitative estimate of drug-likeness (QED) is 0.0186. The number of hydrogen-bond donors (Lipinski definition) is 3. The lowest BCUT2D eigenvalue weighted by Gasteiger charge is -2.40. The molecule has 20 nitrogen and oxygen atoms in total. The molecule has 0 radical (unpaired) electrons. The number of furan rings is 1. The number of ether oxygens (including phenoxy) is 1. The molecule has 0 aliphatic carbocycles.